The summed E-state index contributed by atoms with van der Waals surface area (Å²) in [5.41, 5.74) is 1.59. The van der Waals surface area contributed by atoms with Gasteiger partial charge in [0.05, 0.1) is 0 Å². The van der Waals surface area contributed by atoms with E-state index in [0.29, 0.717) is 6.04 Å². The predicted octanol–water partition coefficient (Wildman–Crippen LogP) is 3.55. The Balaban J connectivity index is 1.81. The normalized spacial score (nSPS) is 31.2. The van der Waals surface area contributed by atoms with Crippen molar-refractivity contribution in [3.8, 4) is 0 Å². The SMILES string of the molecule is C=C(Cl)CN1CC(C)(C2CC2)NCC1c1ccccc1. The third kappa shape index (κ3) is 2.93. The smallest absolute Gasteiger partial charge is 0.0477 e. The molecular weight excluding hydrogens is 268 g/mol. The fraction of sp³-hybridized carbons (Fsp3) is 0.529. The topological polar surface area (TPSA) is 15.3 Å². The molecule has 2 nitrogen and oxygen atoms in total. The number of hydrogen-bond donors (Lipinski definition) is 1. The van der Waals surface area contributed by atoms with Crippen molar-refractivity contribution >= 4 is 11.6 Å². The molecule has 2 fully saturated rings. The highest BCUT2D eigenvalue weighted by Gasteiger charge is 2.46. The molecule has 20 heavy (non-hydrogen) atoms. The molecule has 0 spiro atoms. The van der Waals surface area contributed by atoms with Crippen molar-refractivity contribution in [2.45, 2.75) is 31.3 Å². The van der Waals surface area contributed by atoms with Crippen LogP contribution >= 0.6 is 11.6 Å². The maximum absolute atomic E-state index is 6.10. The predicted molar refractivity (Wildman–Crippen MR) is 84.9 cm³/mol. The van der Waals surface area contributed by atoms with E-state index in [0.717, 1.165) is 30.6 Å². The van der Waals surface area contributed by atoms with Crippen LogP contribution in [0.25, 0.3) is 0 Å². The van der Waals surface area contributed by atoms with Crippen molar-refractivity contribution in [2.24, 2.45) is 5.92 Å². The number of rotatable bonds is 4. The van der Waals surface area contributed by atoms with Crippen molar-refractivity contribution in [3.63, 3.8) is 0 Å². The molecule has 1 N–H and O–H groups in total. The zero-order chi connectivity index (χ0) is 14.2. The third-order valence-corrected chi connectivity index (χ3v) is 4.83. The van der Waals surface area contributed by atoms with Crippen molar-refractivity contribution in [2.75, 3.05) is 19.6 Å². The molecule has 1 aliphatic heterocycles. The van der Waals surface area contributed by atoms with Crippen LogP contribution in [0.5, 0.6) is 0 Å². The lowest BCUT2D eigenvalue weighted by molar-refractivity contribution is 0.0845. The van der Waals surface area contributed by atoms with E-state index in [-0.39, 0.29) is 5.54 Å². The fourth-order valence-corrected chi connectivity index (χ4v) is 3.58. The molecule has 2 unspecified atom stereocenters. The van der Waals surface area contributed by atoms with Crippen LogP contribution in [0.2, 0.25) is 0 Å². The van der Waals surface area contributed by atoms with Gasteiger partial charge < -0.3 is 5.32 Å². The summed E-state index contributed by atoms with van der Waals surface area (Å²) in [5.74, 6) is 0.824. The first-order chi connectivity index (χ1) is 9.58. The van der Waals surface area contributed by atoms with Gasteiger partial charge in [-0.3, -0.25) is 4.90 Å². The van der Waals surface area contributed by atoms with Crippen LogP contribution < -0.4 is 5.32 Å². The maximum atomic E-state index is 6.10. The Morgan fingerprint density at radius 3 is 2.70 bits per heavy atom. The first kappa shape index (κ1) is 14.1. The number of benzene rings is 1. The number of piperazine rings is 1. The highest BCUT2D eigenvalue weighted by Crippen LogP contribution is 2.43. The maximum Gasteiger partial charge on any atom is 0.0477 e. The van der Waals surface area contributed by atoms with E-state index in [2.05, 4.69) is 54.1 Å². The van der Waals surface area contributed by atoms with Crippen LogP contribution in [0.1, 0.15) is 31.4 Å². The van der Waals surface area contributed by atoms with Crippen molar-refractivity contribution < 1.29 is 0 Å². The number of nitrogens with one attached hydrogen (secondary N) is 1. The molecule has 108 valence electrons. The molecule has 1 aromatic carbocycles. The Labute approximate surface area is 126 Å². The molecule has 0 radical (unpaired) electrons. The first-order valence-electron chi connectivity index (χ1n) is 7.46. The van der Waals surface area contributed by atoms with E-state index < -0.39 is 0 Å². The number of hydrogen-bond acceptors (Lipinski definition) is 2. The summed E-state index contributed by atoms with van der Waals surface area (Å²) in [7, 11) is 0. The van der Waals surface area contributed by atoms with Crippen molar-refractivity contribution in [1.29, 1.82) is 0 Å². The summed E-state index contributed by atoms with van der Waals surface area (Å²) in [6.45, 7) is 9.05. The second kappa shape index (κ2) is 5.51. The van der Waals surface area contributed by atoms with Gasteiger partial charge in [-0.1, -0.05) is 48.5 Å². The van der Waals surface area contributed by atoms with E-state index >= 15 is 0 Å². The summed E-state index contributed by atoms with van der Waals surface area (Å²) < 4.78 is 0. The van der Waals surface area contributed by atoms with Gasteiger partial charge in [-0.05, 0) is 31.2 Å². The molecule has 3 heteroatoms. The Kier molecular flexibility index (Phi) is 3.89. The molecule has 1 heterocycles. The molecule has 1 saturated heterocycles. The van der Waals surface area contributed by atoms with Crippen LogP contribution in [0.4, 0.5) is 0 Å². The average Bonchev–Trinajstić information content (AvgIpc) is 3.24. The minimum absolute atomic E-state index is 0.234. The second-order valence-electron chi connectivity index (χ2n) is 6.42. The molecule has 2 atom stereocenters. The molecule has 0 amide bonds. The minimum Gasteiger partial charge on any atom is -0.308 e. The minimum atomic E-state index is 0.234. The quantitative estimate of drug-likeness (QED) is 0.912. The van der Waals surface area contributed by atoms with Crippen molar-refractivity contribution in [1.82, 2.24) is 10.2 Å². The fourth-order valence-electron chi connectivity index (χ4n) is 3.43. The Morgan fingerprint density at radius 1 is 1.40 bits per heavy atom. The van der Waals surface area contributed by atoms with Gasteiger partial charge in [-0.25, -0.2) is 0 Å². The average molecular weight is 291 g/mol. The molecule has 0 bridgehead atoms. The molecule has 1 aromatic rings. The molecule has 1 aliphatic carbocycles. The highest BCUT2D eigenvalue weighted by atomic mass is 35.5. The Morgan fingerprint density at radius 2 is 2.10 bits per heavy atom. The number of nitrogens with zero attached hydrogens (tertiary/aromatic N) is 1. The lowest BCUT2D eigenvalue weighted by atomic mass is 9.89. The summed E-state index contributed by atoms with van der Waals surface area (Å²) in [4.78, 5) is 2.49. The van der Waals surface area contributed by atoms with Crippen molar-refractivity contribution in [3.05, 3.63) is 47.5 Å². The van der Waals surface area contributed by atoms with Gasteiger partial charge in [0.2, 0.25) is 0 Å². The first-order valence-corrected chi connectivity index (χ1v) is 7.83. The summed E-state index contributed by atoms with van der Waals surface area (Å²) in [5, 5.41) is 4.52. The van der Waals surface area contributed by atoms with Crippen LogP contribution in [-0.2, 0) is 0 Å². The molecule has 0 aromatic heterocycles. The second-order valence-corrected chi connectivity index (χ2v) is 6.96. The van der Waals surface area contributed by atoms with Crippen LogP contribution in [-0.4, -0.2) is 30.1 Å². The van der Waals surface area contributed by atoms with Gasteiger partial charge in [0, 0.05) is 36.2 Å². The molecule has 1 saturated carbocycles. The highest BCUT2D eigenvalue weighted by molar-refractivity contribution is 6.29. The van der Waals surface area contributed by atoms with Gasteiger partial charge in [-0.2, -0.15) is 0 Å². The van der Waals surface area contributed by atoms with Gasteiger partial charge in [0.25, 0.3) is 0 Å². The lowest BCUT2D eigenvalue weighted by Crippen LogP contribution is -2.61. The summed E-state index contributed by atoms with van der Waals surface area (Å²) in [6, 6.07) is 11.1. The molecular formula is C17H23ClN2. The van der Waals surface area contributed by atoms with Gasteiger partial charge in [-0.15, -0.1) is 0 Å². The summed E-state index contributed by atoms with van der Waals surface area (Å²) in [6.07, 6.45) is 2.71. The van der Waals surface area contributed by atoms with Crippen LogP contribution in [0, 0.1) is 5.92 Å². The molecule has 3 rings (SSSR count). The standard InChI is InChI=1S/C17H23ClN2/c1-13(18)11-20-12-17(2,15-8-9-15)19-10-16(20)14-6-4-3-5-7-14/h3-7,15-16,19H,1,8-12H2,2H3. The van der Waals surface area contributed by atoms with Gasteiger partial charge >= 0.3 is 0 Å². The summed E-state index contributed by atoms with van der Waals surface area (Å²) >= 11 is 6.10. The zero-order valence-electron chi connectivity index (χ0n) is 12.1. The lowest BCUT2D eigenvalue weighted by Gasteiger charge is -2.47. The molecule has 2 aliphatic rings. The van der Waals surface area contributed by atoms with Crippen LogP contribution in [0.15, 0.2) is 41.9 Å². The van der Waals surface area contributed by atoms with Gasteiger partial charge in [0.15, 0.2) is 0 Å². The Hall–Kier alpha value is -0.830. The van der Waals surface area contributed by atoms with Crippen LogP contribution in [0.3, 0.4) is 0 Å². The monoisotopic (exact) mass is 290 g/mol. The van der Waals surface area contributed by atoms with E-state index in [9.17, 15) is 0 Å². The van der Waals surface area contributed by atoms with E-state index in [1.807, 2.05) is 0 Å². The largest absolute Gasteiger partial charge is 0.308 e. The zero-order valence-corrected chi connectivity index (χ0v) is 12.9. The van der Waals surface area contributed by atoms with Gasteiger partial charge in [0.1, 0.15) is 0 Å². The van der Waals surface area contributed by atoms with E-state index in [4.69, 9.17) is 11.6 Å². The Bertz CT molecular complexity index is 483. The number of halogens is 1. The third-order valence-electron chi connectivity index (χ3n) is 4.71. The van der Waals surface area contributed by atoms with E-state index in [1.165, 1.54) is 18.4 Å². The van der Waals surface area contributed by atoms with E-state index in [1.54, 1.807) is 0 Å².